The maximum absolute atomic E-state index is 8.85. The van der Waals surface area contributed by atoms with Crippen molar-refractivity contribution >= 4 is 22.4 Å². The van der Waals surface area contributed by atoms with E-state index >= 15 is 0 Å². The lowest BCUT2D eigenvalue weighted by atomic mass is 10.3. The first kappa shape index (κ1) is 11.9. The Bertz CT molecular complexity index is 583. The molecule has 0 radical (unpaired) electrons. The summed E-state index contributed by atoms with van der Waals surface area (Å²) in [4.78, 5) is 17.1. The van der Waals surface area contributed by atoms with Gasteiger partial charge in [0.15, 0.2) is 5.13 Å². The molecule has 7 heteroatoms. The van der Waals surface area contributed by atoms with Crippen LogP contribution < -0.4 is 9.80 Å². The minimum Gasteiger partial charge on any atom is -0.345 e. The molecular weight excluding hydrogens is 260 g/mol. The molecule has 0 aliphatic carbocycles. The van der Waals surface area contributed by atoms with E-state index in [1.165, 1.54) is 0 Å². The van der Waals surface area contributed by atoms with E-state index in [-0.39, 0.29) is 0 Å². The summed E-state index contributed by atoms with van der Waals surface area (Å²) in [6, 6.07) is 3.66. The zero-order chi connectivity index (χ0) is 13.1. The number of nitrogens with zero attached hydrogens (tertiary/aromatic N) is 6. The molecule has 1 fully saturated rings. The molecule has 19 heavy (non-hydrogen) atoms. The van der Waals surface area contributed by atoms with Crippen molar-refractivity contribution < 1.29 is 0 Å². The van der Waals surface area contributed by atoms with Crippen LogP contribution in [0.2, 0.25) is 0 Å². The predicted molar refractivity (Wildman–Crippen MR) is 73.3 cm³/mol. The molecule has 1 aliphatic heterocycles. The summed E-state index contributed by atoms with van der Waals surface area (Å²) in [5.74, 6) is 0.637. The summed E-state index contributed by atoms with van der Waals surface area (Å²) >= 11 is 1.65. The monoisotopic (exact) mass is 272 g/mol. The van der Waals surface area contributed by atoms with E-state index in [1.807, 2.05) is 17.6 Å². The van der Waals surface area contributed by atoms with Crippen molar-refractivity contribution in [1.29, 1.82) is 5.26 Å². The van der Waals surface area contributed by atoms with Crippen LogP contribution in [-0.4, -0.2) is 41.1 Å². The molecule has 1 saturated heterocycles. The Morgan fingerprint density at radius 3 is 2.58 bits per heavy atom. The van der Waals surface area contributed by atoms with Crippen LogP contribution in [0.3, 0.4) is 0 Å². The van der Waals surface area contributed by atoms with Crippen LogP contribution in [0.5, 0.6) is 0 Å². The molecule has 0 saturated carbocycles. The fourth-order valence-electron chi connectivity index (χ4n) is 2.03. The molecule has 0 unspecified atom stereocenters. The van der Waals surface area contributed by atoms with Gasteiger partial charge in [-0.2, -0.15) is 5.26 Å². The number of hydrogen-bond donors (Lipinski definition) is 0. The van der Waals surface area contributed by atoms with Gasteiger partial charge >= 0.3 is 0 Å². The van der Waals surface area contributed by atoms with Gasteiger partial charge in [0.2, 0.25) is 5.95 Å². The Balaban J connectivity index is 1.68. The van der Waals surface area contributed by atoms with Crippen LogP contribution in [0, 0.1) is 11.3 Å². The number of piperazine rings is 1. The number of thiazole rings is 1. The van der Waals surface area contributed by atoms with Gasteiger partial charge in [0, 0.05) is 44.0 Å². The molecule has 3 rings (SSSR count). The van der Waals surface area contributed by atoms with E-state index in [1.54, 1.807) is 23.6 Å². The Kier molecular flexibility index (Phi) is 3.25. The third-order valence-electron chi connectivity index (χ3n) is 3.01. The molecule has 0 N–H and O–H groups in total. The van der Waals surface area contributed by atoms with Crippen LogP contribution in [0.4, 0.5) is 11.1 Å². The van der Waals surface area contributed by atoms with Gasteiger partial charge < -0.3 is 9.80 Å². The first-order valence-corrected chi connectivity index (χ1v) is 6.87. The third-order valence-corrected chi connectivity index (χ3v) is 3.84. The normalized spacial score (nSPS) is 15.3. The summed E-state index contributed by atoms with van der Waals surface area (Å²) < 4.78 is 0. The molecule has 0 atom stereocenters. The highest BCUT2D eigenvalue weighted by Crippen LogP contribution is 2.20. The van der Waals surface area contributed by atoms with Crippen molar-refractivity contribution in [2.75, 3.05) is 36.0 Å². The highest BCUT2D eigenvalue weighted by atomic mass is 32.1. The quantitative estimate of drug-likeness (QED) is 0.816. The Labute approximate surface area is 115 Å². The Morgan fingerprint density at radius 1 is 1.11 bits per heavy atom. The molecule has 1 aliphatic rings. The summed E-state index contributed by atoms with van der Waals surface area (Å²) in [6.45, 7) is 3.48. The van der Waals surface area contributed by atoms with E-state index in [0.717, 1.165) is 31.3 Å². The summed E-state index contributed by atoms with van der Waals surface area (Å²) in [5, 5.41) is 11.9. The van der Waals surface area contributed by atoms with Gasteiger partial charge in [0.1, 0.15) is 11.8 Å². The van der Waals surface area contributed by atoms with E-state index < -0.39 is 0 Å². The van der Waals surface area contributed by atoms with Crippen molar-refractivity contribution in [3.8, 4) is 6.07 Å². The zero-order valence-corrected chi connectivity index (χ0v) is 11.0. The maximum Gasteiger partial charge on any atom is 0.226 e. The van der Waals surface area contributed by atoms with Gasteiger partial charge in [-0.3, -0.25) is 0 Å². The largest absolute Gasteiger partial charge is 0.345 e. The standard InChI is InChI=1S/C12H12N6S/c13-9-10-1-2-14-11(16-10)17-4-6-18(7-5-17)12-15-3-8-19-12/h1-3,8H,4-7H2. The summed E-state index contributed by atoms with van der Waals surface area (Å²) in [7, 11) is 0. The lowest BCUT2D eigenvalue weighted by Crippen LogP contribution is -2.47. The molecule has 0 aromatic carbocycles. The highest BCUT2D eigenvalue weighted by Gasteiger charge is 2.20. The van der Waals surface area contributed by atoms with Gasteiger partial charge in [-0.1, -0.05) is 0 Å². The van der Waals surface area contributed by atoms with Gasteiger partial charge in [0.25, 0.3) is 0 Å². The molecule has 0 spiro atoms. The van der Waals surface area contributed by atoms with Crippen LogP contribution in [0.1, 0.15) is 5.69 Å². The van der Waals surface area contributed by atoms with Crippen molar-refractivity contribution in [3.05, 3.63) is 29.5 Å². The van der Waals surface area contributed by atoms with Crippen molar-refractivity contribution in [2.45, 2.75) is 0 Å². The van der Waals surface area contributed by atoms with Crippen LogP contribution in [-0.2, 0) is 0 Å². The molecule has 0 bridgehead atoms. The number of aromatic nitrogens is 3. The average Bonchev–Trinajstić information content (AvgIpc) is 3.02. The van der Waals surface area contributed by atoms with Crippen LogP contribution in [0.25, 0.3) is 0 Å². The second-order valence-corrected chi connectivity index (χ2v) is 5.02. The lowest BCUT2D eigenvalue weighted by Gasteiger charge is -2.34. The highest BCUT2D eigenvalue weighted by molar-refractivity contribution is 7.13. The van der Waals surface area contributed by atoms with Gasteiger partial charge in [0.05, 0.1) is 0 Å². The smallest absolute Gasteiger partial charge is 0.226 e. The predicted octanol–water partition coefficient (Wildman–Crippen LogP) is 1.13. The van der Waals surface area contributed by atoms with E-state index in [9.17, 15) is 0 Å². The topological polar surface area (TPSA) is 68.9 Å². The first-order chi connectivity index (χ1) is 9.36. The van der Waals surface area contributed by atoms with Crippen LogP contribution in [0.15, 0.2) is 23.8 Å². The second kappa shape index (κ2) is 5.20. The van der Waals surface area contributed by atoms with Gasteiger partial charge in [-0.25, -0.2) is 15.0 Å². The molecule has 96 valence electrons. The third kappa shape index (κ3) is 2.48. The molecule has 2 aromatic rings. The summed E-state index contributed by atoms with van der Waals surface area (Å²) in [6.07, 6.45) is 3.46. The van der Waals surface area contributed by atoms with E-state index in [4.69, 9.17) is 5.26 Å². The maximum atomic E-state index is 8.85. The minimum absolute atomic E-state index is 0.410. The SMILES string of the molecule is N#Cc1ccnc(N2CCN(c3nccs3)CC2)n1. The average molecular weight is 272 g/mol. The van der Waals surface area contributed by atoms with Crippen LogP contribution >= 0.6 is 11.3 Å². The van der Waals surface area contributed by atoms with Gasteiger partial charge in [-0.05, 0) is 6.07 Å². The zero-order valence-electron chi connectivity index (χ0n) is 10.2. The fraction of sp³-hybridized carbons (Fsp3) is 0.333. The lowest BCUT2D eigenvalue weighted by molar-refractivity contribution is 0.638. The van der Waals surface area contributed by atoms with Crippen molar-refractivity contribution in [2.24, 2.45) is 0 Å². The Hall–Kier alpha value is -2.20. The number of hydrogen-bond acceptors (Lipinski definition) is 7. The van der Waals surface area contributed by atoms with E-state index in [0.29, 0.717) is 11.6 Å². The molecular formula is C12H12N6S. The molecule has 6 nitrogen and oxygen atoms in total. The Morgan fingerprint density at radius 2 is 1.89 bits per heavy atom. The van der Waals surface area contributed by atoms with E-state index in [2.05, 4.69) is 24.8 Å². The molecule has 2 aromatic heterocycles. The number of nitriles is 1. The summed E-state index contributed by atoms with van der Waals surface area (Å²) in [5.41, 5.74) is 0.410. The fourth-order valence-corrected chi connectivity index (χ4v) is 2.73. The van der Waals surface area contributed by atoms with Crippen molar-refractivity contribution in [3.63, 3.8) is 0 Å². The second-order valence-electron chi connectivity index (χ2n) is 4.14. The molecule has 0 amide bonds. The number of anilines is 2. The molecule has 3 heterocycles. The first-order valence-electron chi connectivity index (χ1n) is 5.99. The minimum atomic E-state index is 0.410. The van der Waals surface area contributed by atoms with Gasteiger partial charge in [-0.15, -0.1) is 11.3 Å². The number of rotatable bonds is 2. The van der Waals surface area contributed by atoms with Crippen molar-refractivity contribution in [1.82, 2.24) is 15.0 Å².